The normalized spacial score (nSPS) is 14.0. The lowest BCUT2D eigenvalue weighted by atomic mass is 10.4. The van der Waals surface area contributed by atoms with Gasteiger partial charge in [-0.1, -0.05) is 11.3 Å². The van der Waals surface area contributed by atoms with E-state index in [1.807, 2.05) is 13.0 Å². The fourth-order valence-corrected chi connectivity index (χ4v) is 3.46. The zero-order valence-electron chi connectivity index (χ0n) is 11.4. The van der Waals surface area contributed by atoms with Crippen LogP contribution in [0.25, 0.3) is 0 Å². The van der Waals surface area contributed by atoms with Crippen LogP contribution in [0.15, 0.2) is 12.1 Å². The summed E-state index contributed by atoms with van der Waals surface area (Å²) in [6.07, 6.45) is 2.30. The second-order valence-corrected chi connectivity index (χ2v) is 7.16. The Morgan fingerprint density at radius 2 is 2.10 bits per heavy atom. The number of hydrogen-bond donors (Lipinski definition) is 2. The average Bonchev–Trinajstić information content (AvgIpc) is 3.06. The fraction of sp³-hybridized carbons (Fsp3) is 0.385. The predicted molar refractivity (Wildman–Crippen MR) is 81.9 cm³/mol. The molecule has 21 heavy (non-hydrogen) atoms. The topological polar surface area (TPSA) is 84.0 Å². The highest BCUT2D eigenvalue weighted by molar-refractivity contribution is 7.15. The zero-order valence-corrected chi connectivity index (χ0v) is 13.0. The van der Waals surface area contributed by atoms with Crippen molar-refractivity contribution in [3.05, 3.63) is 26.9 Å². The van der Waals surface area contributed by atoms with E-state index in [0.29, 0.717) is 15.9 Å². The first-order chi connectivity index (χ1) is 10.1. The molecular formula is C13H14N4O2S2. The average molecular weight is 322 g/mol. The van der Waals surface area contributed by atoms with Crippen LogP contribution in [-0.2, 0) is 4.79 Å². The Morgan fingerprint density at radius 1 is 1.29 bits per heavy atom. The van der Waals surface area contributed by atoms with Gasteiger partial charge in [0.25, 0.3) is 5.91 Å². The molecule has 0 spiro atoms. The number of rotatable bonds is 5. The molecule has 0 bridgehead atoms. The van der Waals surface area contributed by atoms with Gasteiger partial charge in [0, 0.05) is 10.8 Å². The van der Waals surface area contributed by atoms with Crippen molar-refractivity contribution in [3.63, 3.8) is 0 Å². The van der Waals surface area contributed by atoms with Crippen molar-refractivity contribution in [2.75, 3.05) is 11.9 Å². The summed E-state index contributed by atoms with van der Waals surface area (Å²) in [6.45, 7) is 1.86. The molecule has 0 saturated heterocycles. The Labute approximate surface area is 129 Å². The highest BCUT2D eigenvalue weighted by Gasteiger charge is 2.27. The van der Waals surface area contributed by atoms with Gasteiger partial charge in [-0.05, 0) is 31.9 Å². The molecule has 6 nitrogen and oxygen atoms in total. The smallest absolute Gasteiger partial charge is 0.261 e. The van der Waals surface area contributed by atoms with Gasteiger partial charge in [-0.25, -0.2) is 0 Å². The van der Waals surface area contributed by atoms with Crippen LogP contribution in [0.5, 0.6) is 0 Å². The Kier molecular flexibility index (Phi) is 3.98. The minimum Gasteiger partial charge on any atom is -0.342 e. The Balaban J connectivity index is 1.48. The van der Waals surface area contributed by atoms with Crippen LogP contribution in [0.2, 0.25) is 0 Å². The largest absolute Gasteiger partial charge is 0.342 e. The van der Waals surface area contributed by atoms with Gasteiger partial charge in [0.2, 0.25) is 11.0 Å². The van der Waals surface area contributed by atoms with Gasteiger partial charge in [0.15, 0.2) is 0 Å². The van der Waals surface area contributed by atoms with Gasteiger partial charge in [-0.2, -0.15) is 0 Å². The minimum atomic E-state index is -0.296. The van der Waals surface area contributed by atoms with E-state index >= 15 is 0 Å². The lowest BCUT2D eigenvalue weighted by molar-refractivity contribution is -0.115. The Hall–Kier alpha value is -1.80. The lowest BCUT2D eigenvalue weighted by Gasteiger charge is -2.03. The van der Waals surface area contributed by atoms with Gasteiger partial charge < -0.3 is 5.32 Å². The Bertz CT molecular complexity index is 675. The number of aryl methyl sites for hydroxylation is 1. The molecule has 0 atom stereocenters. The molecule has 3 rings (SSSR count). The summed E-state index contributed by atoms with van der Waals surface area (Å²) in [4.78, 5) is 25.2. The van der Waals surface area contributed by atoms with Crippen molar-refractivity contribution in [1.29, 1.82) is 0 Å². The highest BCUT2D eigenvalue weighted by atomic mass is 32.1. The molecule has 2 aromatic heterocycles. The molecule has 1 saturated carbocycles. The van der Waals surface area contributed by atoms with Crippen LogP contribution in [0, 0.1) is 6.92 Å². The van der Waals surface area contributed by atoms with Crippen molar-refractivity contribution in [1.82, 2.24) is 15.5 Å². The predicted octanol–water partition coefficient (Wildman–Crippen LogP) is 2.15. The molecule has 0 aliphatic heterocycles. The third kappa shape index (κ3) is 3.64. The van der Waals surface area contributed by atoms with Gasteiger partial charge in [-0.3, -0.25) is 14.9 Å². The molecule has 0 aromatic carbocycles. The quantitative estimate of drug-likeness (QED) is 0.883. The van der Waals surface area contributed by atoms with Crippen LogP contribution in [-0.4, -0.2) is 28.6 Å². The van der Waals surface area contributed by atoms with Crippen molar-refractivity contribution in [3.8, 4) is 0 Å². The maximum atomic E-state index is 11.8. The summed E-state index contributed by atoms with van der Waals surface area (Å²) in [5, 5.41) is 14.7. The number of carbonyl (C=O) groups excluding carboxylic acids is 2. The maximum Gasteiger partial charge on any atom is 0.261 e. The molecule has 0 radical (unpaired) electrons. The molecule has 1 fully saturated rings. The number of carbonyl (C=O) groups is 2. The molecule has 8 heteroatoms. The minimum absolute atomic E-state index is 0.0753. The van der Waals surface area contributed by atoms with Gasteiger partial charge in [0.05, 0.1) is 11.4 Å². The second kappa shape index (κ2) is 5.90. The molecule has 2 amide bonds. The standard InChI is InChI=1S/C13H14N4O2S2/c1-7-2-5-9(20-7)11(19)14-6-10(18)15-13-17-16-12(21-13)8-3-4-8/h2,5,8H,3-4,6H2,1H3,(H,14,19)(H,15,17,18). The number of amides is 2. The van der Waals surface area contributed by atoms with E-state index in [1.165, 1.54) is 22.7 Å². The third-order valence-corrected chi connectivity index (χ3v) is 4.99. The third-order valence-electron chi connectivity index (χ3n) is 2.99. The fourth-order valence-electron chi connectivity index (χ4n) is 1.75. The molecular weight excluding hydrogens is 308 g/mol. The van der Waals surface area contributed by atoms with Crippen molar-refractivity contribution in [2.24, 2.45) is 0 Å². The summed E-state index contributed by atoms with van der Waals surface area (Å²) in [7, 11) is 0. The van der Waals surface area contributed by atoms with Crippen LogP contribution in [0.3, 0.4) is 0 Å². The second-order valence-electron chi connectivity index (χ2n) is 4.86. The van der Waals surface area contributed by atoms with E-state index in [0.717, 1.165) is 22.7 Å². The van der Waals surface area contributed by atoms with Crippen LogP contribution in [0.1, 0.15) is 38.3 Å². The van der Waals surface area contributed by atoms with Gasteiger partial charge in [0.1, 0.15) is 5.01 Å². The van der Waals surface area contributed by atoms with E-state index in [-0.39, 0.29) is 18.4 Å². The number of nitrogens with zero attached hydrogens (tertiary/aromatic N) is 2. The number of nitrogens with one attached hydrogen (secondary N) is 2. The molecule has 2 aromatic rings. The van der Waals surface area contributed by atoms with E-state index in [1.54, 1.807) is 6.07 Å². The van der Waals surface area contributed by atoms with E-state index in [4.69, 9.17) is 0 Å². The Morgan fingerprint density at radius 3 is 2.76 bits per heavy atom. The molecule has 110 valence electrons. The summed E-state index contributed by atoms with van der Waals surface area (Å²) >= 11 is 2.80. The summed E-state index contributed by atoms with van der Waals surface area (Å²) in [5.74, 6) is -0.00997. The van der Waals surface area contributed by atoms with Crippen LogP contribution in [0.4, 0.5) is 5.13 Å². The van der Waals surface area contributed by atoms with E-state index in [9.17, 15) is 9.59 Å². The molecule has 1 aliphatic carbocycles. The van der Waals surface area contributed by atoms with E-state index in [2.05, 4.69) is 20.8 Å². The highest BCUT2D eigenvalue weighted by Crippen LogP contribution is 2.41. The number of hydrogen-bond acceptors (Lipinski definition) is 6. The number of aromatic nitrogens is 2. The van der Waals surface area contributed by atoms with Crippen LogP contribution >= 0.6 is 22.7 Å². The van der Waals surface area contributed by atoms with Crippen molar-refractivity contribution in [2.45, 2.75) is 25.7 Å². The number of anilines is 1. The van der Waals surface area contributed by atoms with E-state index < -0.39 is 0 Å². The first-order valence-corrected chi connectivity index (χ1v) is 8.23. The number of thiophene rings is 1. The van der Waals surface area contributed by atoms with Crippen molar-refractivity contribution >= 4 is 39.6 Å². The SMILES string of the molecule is Cc1ccc(C(=O)NCC(=O)Nc2nnc(C3CC3)s2)s1. The lowest BCUT2D eigenvalue weighted by Crippen LogP contribution is -2.32. The first kappa shape index (κ1) is 14.2. The summed E-state index contributed by atoms with van der Waals surface area (Å²) < 4.78 is 0. The van der Waals surface area contributed by atoms with Crippen LogP contribution < -0.4 is 10.6 Å². The summed E-state index contributed by atoms with van der Waals surface area (Å²) in [6, 6.07) is 3.63. The molecule has 2 N–H and O–H groups in total. The monoisotopic (exact) mass is 322 g/mol. The zero-order chi connectivity index (χ0) is 14.8. The molecule has 1 aliphatic rings. The maximum absolute atomic E-state index is 11.8. The summed E-state index contributed by atoms with van der Waals surface area (Å²) in [5.41, 5.74) is 0. The molecule has 0 unspecified atom stereocenters. The first-order valence-electron chi connectivity index (χ1n) is 6.59. The van der Waals surface area contributed by atoms with Gasteiger partial charge >= 0.3 is 0 Å². The van der Waals surface area contributed by atoms with Gasteiger partial charge in [-0.15, -0.1) is 21.5 Å². The molecule has 2 heterocycles. The van der Waals surface area contributed by atoms with Crippen molar-refractivity contribution < 1.29 is 9.59 Å².